The van der Waals surface area contributed by atoms with Gasteiger partial charge in [0.15, 0.2) is 0 Å². The Kier molecular flexibility index (Phi) is 3.14. The number of rotatable bonds is 1. The summed E-state index contributed by atoms with van der Waals surface area (Å²) in [5.41, 5.74) is 0.773. The third kappa shape index (κ3) is 2.56. The Morgan fingerprint density at radius 3 is 3.05 bits per heavy atom. The molecule has 0 aliphatic carbocycles. The van der Waals surface area contributed by atoms with Crippen molar-refractivity contribution in [2.24, 2.45) is 5.41 Å². The van der Waals surface area contributed by atoms with Crippen molar-refractivity contribution >= 4 is 11.7 Å². The molecule has 4 nitrogen and oxygen atoms in total. The molecular formula is C14H18FN3O. The fourth-order valence-electron chi connectivity index (χ4n) is 3.02. The van der Waals surface area contributed by atoms with Crippen LogP contribution in [0.4, 0.5) is 14.9 Å². The number of nitrogens with zero attached hydrogens (tertiary/aromatic N) is 1. The number of carbonyl (C=O) groups is 1. The van der Waals surface area contributed by atoms with Gasteiger partial charge in [0.05, 0.1) is 0 Å². The largest absolute Gasteiger partial charge is 0.324 e. The number of hydrogen-bond acceptors (Lipinski definition) is 2. The highest BCUT2D eigenvalue weighted by molar-refractivity contribution is 5.89. The van der Waals surface area contributed by atoms with Gasteiger partial charge in [-0.3, -0.25) is 0 Å². The summed E-state index contributed by atoms with van der Waals surface area (Å²) >= 11 is 0. The van der Waals surface area contributed by atoms with E-state index >= 15 is 0 Å². The maximum atomic E-state index is 13.1. The third-order valence-corrected chi connectivity index (χ3v) is 4.13. The molecule has 2 aliphatic rings. The zero-order valence-electron chi connectivity index (χ0n) is 10.8. The molecule has 2 saturated heterocycles. The molecule has 0 radical (unpaired) electrons. The monoisotopic (exact) mass is 263 g/mol. The van der Waals surface area contributed by atoms with Crippen LogP contribution in [0, 0.1) is 11.2 Å². The van der Waals surface area contributed by atoms with Crippen LogP contribution < -0.4 is 10.6 Å². The highest BCUT2D eigenvalue weighted by atomic mass is 19.1. The Hall–Kier alpha value is -1.62. The van der Waals surface area contributed by atoms with Crippen LogP contribution in [-0.2, 0) is 0 Å². The predicted octanol–water partition coefficient (Wildman–Crippen LogP) is 2.04. The summed E-state index contributed by atoms with van der Waals surface area (Å²) in [7, 11) is 0. The molecule has 5 heteroatoms. The predicted molar refractivity (Wildman–Crippen MR) is 71.5 cm³/mol. The number of likely N-dealkylation sites (tertiary alicyclic amines) is 1. The lowest BCUT2D eigenvalue weighted by Crippen LogP contribution is -2.36. The van der Waals surface area contributed by atoms with Crippen LogP contribution in [0.15, 0.2) is 24.3 Å². The standard InChI is InChI=1S/C14H18FN3O/c15-11-2-1-3-12(8-11)17-13(19)18-7-5-14(10-18)4-6-16-9-14/h1-3,8,16H,4-7,9-10H2,(H,17,19). The van der Waals surface area contributed by atoms with Crippen molar-refractivity contribution in [2.45, 2.75) is 12.8 Å². The van der Waals surface area contributed by atoms with E-state index in [1.54, 1.807) is 12.1 Å². The molecule has 1 unspecified atom stereocenters. The van der Waals surface area contributed by atoms with E-state index in [0.717, 1.165) is 39.0 Å². The zero-order chi connectivity index (χ0) is 13.3. The Labute approximate surface area is 112 Å². The SMILES string of the molecule is O=C(Nc1cccc(F)c1)N1CCC2(CCNC2)C1. The van der Waals surface area contributed by atoms with E-state index in [-0.39, 0.29) is 17.3 Å². The highest BCUT2D eigenvalue weighted by Gasteiger charge is 2.41. The first-order chi connectivity index (χ1) is 9.17. The Morgan fingerprint density at radius 1 is 1.42 bits per heavy atom. The number of benzene rings is 1. The van der Waals surface area contributed by atoms with E-state index in [9.17, 15) is 9.18 Å². The summed E-state index contributed by atoms with van der Waals surface area (Å²) < 4.78 is 13.1. The minimum atomic E-state index is -0.337. The van der Waals surface area contributed by atoms with Gasteiger partial charge in [-0.2, -0.15) is 0 Å². The average Bonchev–Trinajstić information content (AvgIpc) is 3.00. The number of amides is 2. The maximum Gasteiger partial charge on any atom is 0.321 e. The molecule has 102 valence electrons. The Bertz CT molecular complexity index is 485. The highest BCUT2D eigenvalue weighted by Crippen LogP contribution is 2.36. The quantitative estimate of drug-likeness (QED) is 0.814. The van der Waals surface area contributed by atoms with Crippen molar-refractivity contribution < 1.29 is 9.18 Å². The van der Waals surface area contributed by atoms with Crippen LogP contribution >= 0.6 is 0 Å². The van der Waals surface area contributed by atoms with Crippen molar-refractivity contribution in [1.29, 1.82) is 0 Å². The topological polar surface area (TPSA) is 44.4 Å². The number of halogens is 1. The van der Waals surface area contributed by atoms with Gasteiger partial charge < -0.3 is 15.5 Å². The normalized spacial score (nSPS) is 26.1. The molecule has 2 fully saturated rings. The second kappa shape index (κ2) is 4.81. The molecule has 1 aromatic rings. The summed E-state index contributed by atoms with van der Waals surface area (Å²) in [6.45, 7) is 3.61. The Morgan fingerprint density at radius 2 is 2.32 bits per heavy atom. The molecule has 1 spiro atoms. The lowest BCUT2D eigenvalue weighted by Gasteiger charge is -2.23. The molecule has 2 N–H and O–H groups in total. The van der Waals surface area contributed by atoms with Gasteiger partial charge in [-0.05, 0) is 37.6 Å². The van der Waals surface area contributed by atoms with Crippen molar-refractivity contribution in [3.63, 3.8) is 0 Å². The van der Waals surface area contributed by atoms with Gasteiger partial charge in [-0.1, -0.05) is 6.07 Å². The smallest absolute Gasteiger partial charge is 0.321 e. The van der Waals surface area contributed by atoms with Gasteiger partial charge in [0.2, 0.25) is 0 Å². The first-order valence-electron chi connectivity index (χ1n) is 6.69. The lowest BCUT2D eigenvalue weighted by molar-refractivity contribution is 0.215. The van der Waals surface area contributed by atoms with Gasteiger partial charge in [-0.15, -0.1) is 0 Å². The molecule has 1 aromatic carbocycles. The summed E-state index contributed by atoms with van der Waals surface area (Å²) in [5.74, 6) is -0.337. The van der Waals surface area contributed by atoms with Crippen LogP contribution in [-0.4, -0.2) is 37.1 Å². The van der Waals surface area contributed by atoms with Crippen molar-refractivity contribution in [2.75, 3.05) is 31.5 Å². The summed E-state index contributed by atoms with van der Waals surface area (Å²) in [5, 5.41) is 6.12. The van der Waals surface area contributed by atoms with E-state index in [1.165, 1.54) is 12.1 Å². The second-order valence-corrected chi connectivity index (χ2v) is 5.54. The van der Waals surface area contributed by atoms with Crippen molar-refractivity contribution in [3.8, 4) is 0 Å². The van der Waals surface area contributed by atoms with E-state index in [4.69, 9.17) is 0 Å². The van der Waals surface area contributed by atoms with Crippen molar-refractivity contribution in [3.05, 3.63) is 30.1 Å². The molecule has 19 heavy (non-hydrogen) atoms. The van der Waals surface area contributed by atoms with Gasteiger partial charge in [0.1, 0.15) is 5.82 Å². The number of carbonyl (C=O) groups excluding carboxylic acids is 1. The summed E-state index contributed by atoms with van der Waals surface area (Å²) in [6, 6.07) is 5.86. The summed E-state index contributed by atoms with van der Waals surface area (Å²) in [4.78, 5) is 14.0. The number of nitrogens with one attached hydrogen (secondary N) is 2. The van der Waals surface area contributed by atoms with Crippen molar-refractivity contribution in [1.82, 2.24) is 10.2 Å². The van der Waals surface area contributed by atoms with E-state index in [1.807, 2.05) is 4.90 Å². The average molecular weight is 263 g/mol. The fraction of sp³-hybridized carbons (Fsp3) is 0.500. The Balaban J connectivity index is 1.62. The first-order valence-corrected chi connectivity index (χ1v) is 6.69. The molecule has 2 amide bonds. The summed E-state index contributed by atoms with van der Waals surface area (Å²) in [6.07, 6.45) is 2.19. The molecule has 0 saturated carbocycles. The van der Waals surface area contributed by atoms with Crippen LogP contribution in [0.2, 0.25) is 0 Å². The van der Waals surface area contributed by atoms with E-state index in [0.29, 0.717) is 5.69 Å². The molecule has 3 rings (SSSR count). The van der Waals surface area contributed by atoms with Crippen LogP contribution in [0.3, 0.4) is 0 Å². The van der Waals surface area contributed by atoms with Crippen LogP contribution in [0.1, 0.15) is 12.8 Å². The van der Waals surface area contributed by atoms with Crippen LogP contribution in [0.5, 0.6) is 0 Å². The first kappa shape index (κ1) is 12.4. The molecule has 2 heterocycles. The number of hydrogen-bond donors (Lipinski definition) is 2. The zero-order valence-corrected chi connectivity index (χ0v) is 10.8. The van der Waals surface area contributed by atoms with E-state index in [2.05, 4.69) is 10.6 Å². The van der Waals surface area contributed by atoms with E-state index < -0.39 is 0 Å². The number of anilines is 1. The lowest BCUT2D eigenvalue weighted by atomic mass is 9.87. The minimum absolute atomic E-state index is 0.130. The molecule has 0 bridgehead atoms. The van der Waals surface area contributed by atoms with Gasteiger partial charge >= 0.3 is 6.03 Å². The second-order valence-electron chi connectivity index (χ2n) is 5.54. The third-order valence-electron chi connectivity index (χ3n) is 4.13. The number of urea groups is 1. The minimum Gasteiger partial charge on any atom is -0.324 e. The van der Waals surface area contributed by atoms with Gasteiger partial charge in [-0.25, -0.2) is 9.18 Å². The van der Waals surface area contributed by atoms with Gasteiger partial charge in [0, 0.05) is 30.7 Å². The van der Waals surface area contributed by atoms with Crippen LogP contribution in [0.25, 0.3) is 0 Å². The maximum absolute atomic E-state index is 13.1. The molecule has 0 aromatic heterocycles. The molecular weight excluding hydrogens is 245 g/mol. The molecule has 2 aliphatic heterocycles. The fourth-order valence-corrected chi connectivity index (χ4v) is 3.02. The van der Waals surface area contributed by atoms with Gasteiger partial charge in [0.25, 0.3) is 0 Å². The molecule has 1 atom stereocenters.